The minimum Gasteiger partial charge on any atom is -0.372 e. The van der Waals surface area contributed by atoms with Crippen molar-refractivity contribution in [2.24, 2.45) is 11.7 Å². The second-order valence-corrected chi connectivity index (χ2v) is 5.69. The maximum absolute atomic E-state index is 6.45. The lowest BCUT2D eigenvalue weighted by molar-refractivity contribution is 0.308. The number of hydrogen-bond acceptors (Lipinski definition) is 2. The van der Waals surface area contributed by atoms with Crippen LogP contribution in [-0.2, 0) is 0 Å². The Bertz CT molecular complexity index is 367. The molecule has 1 aromatic carbocycles. The van der Waals surface area contributed by atoms with Crippen molar-refractivity contribution in [2.75, 3.05) is 18.0 Å². The molecule has 20 heavy (non-hydrogen) atoms. The zero-order chi connectivity index (χ0) is 13.7. The van der Waals surface area contributed by atoms with E-state index in [0.717, 1.165) is 13.1 Å². The SMILES string of the molecule is CCN(CC)c1ccc([C@@H](N)C2CCCCC2)cc1.Cl. The molecule has 0 aliphatic heterocycles. The molecule has 1 aliphatic rings. The summed E-state index contributed by atoms with van der Waals surface area (Å²) in [6.45, 7) is 6.52. The summed E-state index contributed by atoms with van der Waals surface area (Å²) in [5.41, 5.74) is 9.07. The molecule has 114 valence electrons. The Morgan fingerprint density at radius 3 is 2.10 bits per heavy atom. The number of nitrogens with two attached hydrogens (primary N) is 1. The average Bonchev–Trinajstić information content (AvgIpc) is 2.49. The van der Waals surface area contributed by atoms with Crippen LogP contribution in [0.3, 0.4) is 0 Å². The summed E-state index contributed by atoms with van der Waals surface area (Å²) >= 11 is 0. The van der Waals surface area contributed by atoms with Crippen LogP contribution in [0.15, 0.2) is 24.3 Å². The molecule has 2 rings (SSSR count). The highest BCUT2D eigenvalue weighted by Gasteiger charge is 2.21. The summed E-state index contributed by atoms with van der Waals surface area (Å²) in [6, 6.07) is 9.14. The standard InChI is InChI=1S/C17H28N2.ClH/c1-3-19(4-2)16-12-10-15(11-13-16)17(18)14-8-6-5-7-9-14;/h10-14,17H,3-9,18H2,1-2H3;1H/t17-;/m0./s1. The van der Waals surface area contributed by atoms with Crippen LogP contribution in [0.1, 0.15) is 57.6 Å². The van der Waals surface area contributed by atoms with Gasteiger partial charge in [0.1, 0.15) is 0 Å². The van der Waals surface area contributed by atoms with E-state index in [1.54, 1.807) is 0 Å². The molecule has 0 unspecified atom stereocenters. The maximum atomic E-state index is 6.45. The van der Waals surface area contributed by atoms with Gasteiger partial charge in [-0.3, -0.25) is 0 Å². The molecule has 1 saturated carbocycles. The smallest absolute Gasteiger partial charge is 0.0366 e. The highest BCUT2D eigenvalue weighted by molar-refractivity contribution is 5.85. The van der Waals surface area contributed by atoms with Crippen LogP contribution in [0.5, 0.6) is 0 Å². The van der Waals surface area contributed by atoms with E-state index < -0.39 is 0 Å². The van der Waals surface area contributed by atoms with Crippen molar-refractivity contribution in [1.82, 2.24) is 0 Å². The van der Waals surface area contributed by atoms with Crippen LogP contribution in [-0.4, -0.2) is 13.1 Å². The minimum atomic E-state index is 0. The van der Waals surface area contributed by atoms with Crippen LogP contribution in [0.2, 0.25) is 0 Å². The number of anilines is 1. The third-order valence-electron chi connectivity index (χ3n) is 4.56. The van der Waals surface area contributed by atoms with Gasteiger partial charge >= 0.3 is 0 Å². The normalized spacial score (nSPS) is 17.4. The molecule has 2 nitrogen and oxygen atoms in total. The maximum Gasteiger partial charge on any atom is 0.0366 e. The number of rotatable bonds is 5. The first-order valence-corrected chi connectivity index (χ1v) is 7.86. The summed E-state index contributed by atoms with van der Waals surface area (Å²) in [7, 11) is 0. The van der Waals surface area contributed by atoms with Gasteiger partial charge in [0.05, 0.1) is 0 Å². The van der Waals surface area contributed by atoms with Crippen molar-refractivity contribution >= 4 is 18.1 Å². The minimum absolute atomic E-state index is 0. The summed E-state index contributed by atoms with van der Waals surface area (Å²) in [4.78, 5) is 2.37. The van der Waals surface area contributed by atoms with Gasteiger partial charge in [-0.2, -0.15) is 0 Å². The summed E-state index contributed by atoms with van der Waals surface area (Å²) in [5, 5.41) is 0. The Kier molecular flexibility index (Phi) is 7.39. The fourth-order valence-corrected chi connectivity index (χ4v) is 3.26. The quantitative estimate of drug-likeness (QED) is 0.864. The number of halogens is 1. The Labute approximate surface area is 130 Å². The van der Waals surface area contributed by atoms with Gasteiger partial charge in [0.25, 0.3) is 0 Å². The van der Waals surface area contributed by atoms with Crippen molar-refractivity contribution < 1.29 is 0 Å². The van der Waals surface area contributed by atoms with E-state index in [-0.39, 0.29) is 18.4 Å². The molecule has 1 atom stereocenters. The van der Waals surface area contributed by atoms with Gasteiger partial charge in [-0.05, 0) is 50.3 Å². The number of hydrogen-bond donors (Lipinski definition) is 1. The molecule has 0 spiro atoms. The molecular formula is C17H29ClN2. The highest BCUT2D eigenvalue weighted by Crippen LogP contribution is 2.33. The third kappa shape index (κ3) is 4.13. The van der Waals surface area contributed by atoms with Gasteiger partial charge < -0.3 is 10.6 Å². The molecule has 1 aromatic rings. The monoisotopic (exact) mass is 296 g/mol. The first kappa shape index (κ1) is 17.3. The largest absolute Gasteiger partial charge is 0.372 e. The van der Waals surface area contributed by atoms with E-state index in [0.29, 0.717) is 5.92 Å². The van der Waals surface area contributed by atoms with Gasteiger partial charge in [-0.25, -0.2) is 0 Å². The number of nitrogens with zero attached hydrogens (tertiary/aromatic N) is 1. The first-order valence-electron chi connectivity index (χ1n) is 7.86. The van der Waals surface area contributed by atoms with Crippen LogP contribution in [0.25, 0.3) is 0 Å². The van der Waals surface area contributed by atoms with Crippen LogP contribution in [0.4, 0.5) is 5.69 Å². The third-order valence-corrected chi connectivity index (χ3v) is 4.56. The molecule has 3 heteroatoms. The Morgan fingerprint density at radius 1 is 1.05 bits per heavy atom. The van der Waals surface area contributed by atoms with Crippen LogP contribution in [0, 0.1) is 5.92 Å². The molecule has 0 amide bonds. The second kappa shape index (κ2) is 8.53. The fourth-order valence-electron chi connectivity index (χ4n) is 3.26. The second-order valence-electron chi connectivity index (χ2n) is 5.69. The fraction of sp³-hybridized carbons (Fsp3) is 0.647. The molecule has 2 N–H and O–H groups in total. The predicted molar refractivity (Wildman–Crippen MR) is 90.8 cm³/mol. The molecule has 0 radical (unpaired) electrons. The van der Waals surface area contributed by atoms with Crippen molar-refractivity contribution in [1.29, 1.82) is 0 Å². The van der Waals surface area contributed by atoms with E-state index in [2.05, 4.69) is 43.0 Å². The Balaban J connectivity index is 0.00000200. The predicted octanol–water partition coefficient (Wildman–Crippen LogP) is 4.53. The average molecular weight is 297 g/mol. The van der Waals surface area contributed by atoms with E-state index in [4.69, 9.17) is 5.73 Å². The molecule has 0 aromatic heterocycles. The van der Waals surface area contributed by atoms with Gasteiger partial charge in [-0.15, -0.1) is 12.4 Å². The van der Waals surface area contributed by atoms with E-state index in [9.17, 15) is 0 Å². The van der Waals surface area contributed by atoms with E-state index in [1.807, 2.05) is 0 Å². The lowest BCUT2D eigenvalue weighted by atomic mass is 9.81. The van der Waals surface area contributed by atoms with Crippen molar-refractivity contribution in [3.63, 3.8) is 0 Å². The van der Waals surface area contributed by atoms with Gasteiger partial charge in [0.15, 0.2) is 0 Å². The molecule has 0 saturated heterocycles. The Hall–Kier alpha value is -0.730. The number of benzene rings is 1. The molecule has 0 heterocycles. The zero-order valence-electron chi connectivity index (χ0n) is 12.8. The Morgan fingerprint density at radius 2 is 1.60 bits per heavy atom. The molecule has 0 bridgehead atoms. The van der Waals surface area contributed by atoms with Gasteiger partial charge in [-0.1, -0.05) is 31.4 Å². The van der Waals surface area contributed by atoms with Gasteiger partial charge in [0, 0.05) is 24.8 Å². The van der Waals surface area contributed by atoms with Crippen LogP contribution < -0.4 is 10.6 Å². The first-order chi connectivity index (χ1) is 9.26. The van der Waals surface area contributed by atoms with Crippen molar-refractivity contribution in [3.8, 4) is 0 Å². The molecule has 1 aliphatic carbocycles. The lowest BCUT2D eigenvalue weighted by Crippen LogP contribution is -2.24. The van der Waals surface area contributed by atoms with Gasteiger partial charge in [0.2, 0.25) is 0 Å². The summed E-state index contributed by atoms with van der Waals surface area (Å²) in [5.74, 6) is 0.688. The van der Waals surface area contributed by atoms with Crippen molar-refractivity contribution in [2.45, 2.75) is 52.0 Å². The topological polar surface area (TPSA) is 29.3 Å². The zero-order valence-corrected chi connectivity index (χ0v) is 13.7. The molecular weight excluding hydrogens is 268 g/mol. The highest BCUT2D eigenvalue weighted by atomic mass is 35.5. The van der Waals surface area contributed by atoms with Crippen LogP contribution >= 0.6 is 12.4 Å². The van der Waals surface area contributed by atoms with E-state index >= 15 is 0 Å². The van der Waals surface area contributed by atoms with Crippen molar-refractivity contribution in [3.05, 3.63) is 29.8 Å². The summed E-state index contributed by atoms with van der Waals surface area (Å²) in [6.07, 6.45) is 6.72. The van der Waals surface area contributed by atoms with E-state index in [1.165, 1.54) is 43.4 Å². The lowest BCUT2D eigenvalue weighted by Gasteiger charge is -2.28. The summed E-state index contributed by atoms with van der Waals surface area (Å²) < 4.78 is 0. The molecule has 1 fully saturated rings.